The number of hydrazine groups is 1. The summed E-state index contributed by atoms with van der Waals surface area (Å²) in [6.07, 6.45) is 1.14. The van der Waals surface area contributed by atoms with Crippen LogP contribution in [0.4, 0.5) is 0 Å². The molecule has 0 aliphatic rings. The maximum Gasteiger partial charge on any atom is 0.261 e. The molecule has 3 aromatic rings. The number of nitrogens with one attached hydrogen (secondary N) is 5. The molecule has 0 fully saturated rings. The second-order valence-electron chi connectivity index (χ2n) is 10.4. The fraction of sp³-hybridized carbons (Fsp3) is 0.312. The van der Waals surface area contributed by atoms with Gasteiger partial charge < -0.3 is 31.3 Å². The van der Waals surface area contributed by atoms with Gasteiger partial charge in [0.25, 0.3) is 5.91 Å². The standard InChI is InChI=1S/C32H39N5O7/c1-3-16-33-27(17-21-4-10-24(39)11-5-21)30(42)34-28(18-22-6-12-25(40)13-7-22)31(43)35-29(32(44)37-36-20(2)38)19-23-8-14-26(41)15-9-23/h4-15,27-29,33,39-41H,3,16-19H2,1-2H3,(H,34,42)(H,35,43)(H,36,38)(H,37,44)/t27-,28-,29-/m0/s1. The van der Waals surface area contributed by atoms with E-state index in [-0.39, 0.29) is 30.1 Å². The zero-order chi connectivity index (χ0) is 32.1. The molecule has 0 unspecified atom stereocenters. The van der Waals surface area contributed by atoms with Gasteiger partial charge in [0, 0.05) is 19.8 Å². The maximum absolute atomic E-state index is 13.7. The Balaban J connectivity index is 1.86. The van der Waals surface area contributed by atoms with Gasteiger partial charge in [-0.05, 0) is 72.5 Å². The molecule has 4 amide bonds. The Hall–Kier alpha value is -5.10. The van der Waals surface area contributed by atoms with Crippen LogP contribution in [0.25, 0.3) is 0 Å². The van der Waals surface area contributed by atoms with Crippen LogP contribution >= 0.6 is 0 Å². The molecule has 0 spiro atoms. The first-order chi connectivity index (χ1) is 21.0. The summed E-state index contributed by atoms with van der Waals surface area (Å²) in [6, 6.07) is 15.8. The number of hydrogen-bond donors (Lipinski definition) is 8. The Morgan fingerprint density at radius 3 is 1.32 bits per heavy atom. The normalized spacial score (nSPS) is 12.8. The first kappa shape index (κ1) is 33.4. The summed E-state index contributed by atoms with van der Waals surface area (Å²) in [5.41, 5.74) is 6.58. The number of aromatic hydroxyl groups is 3. The summed E-state index contributed by atoms with van der Waals surface area (Å²) >= 11 is 0. The van der Waals surface area contributed by atoms with Crippen LogP contribution < -0.4 is 26.8 Å². The molecule has 0 saturated heterocycles. The van der Waals surface area contributed by atoms with E-state index in [4.69, 9.17) is 0 Å². The Bertz CT molecular complexity index is 1400. The monoisotopic (exact) mass is 605 g/mol. The van der Waals surface area contributed by atoms with Crippen molar-refractivity contribution in [2.75, 3.05) is 6.54 Å². The fourth-order valence-electron chi connectivity index (χ4n) is 4.38. The Kier molecular flexibility index (Phi) is 12.5. The van der Waals surface area contributed by atoms with E-state index in [2.05, 4.69) is 26.8 Å². The molecule has 44 heavy (non-hydrogen) atoms. The van der Waals surface area contributed by atoms with E-state index in [9.17, 15) is 34.5 Å². The summed E-state index contributed by atoms with van der Waals surface area (Å²) in [7, 11) is 0. The van der Waals surface area contributed by atoms with Crippen molar-refractivity contribution in [3.8, 4) is 17.2 Å². The minimum absolute atomic E-state index is 0.0266. The summed E-state index contributed by atoms with van der Waals surface area (Å²) in [5.74, 6) is -2.11. The van der Waals surface area contributed by atoms with Crippen molar-refractivity contribution in [2.45, 2.75) is 57.7 Å². The van der Waals surface area contributed by atoms with Crippen LogP contribution in [0.15, 0.2) is 72.8 Å². The predicted molar refractivity (Wildman–Crippen MR) is 163 cm³/mol. The van der Waals surface area contributed by atoms with Crippen LogP contribution in [0, 0.1) is 0 Å². The Morgan fingerprint density at radius 2 is 0.932 bits per heavy atom. The molecule has 3 aromatic carbocycles. The maximum atomic E-state index is 13.7. The van der Waals surface area contributed by atoms with Gasteiger partial charge in [-0.15, -0.1) is 0 Å². The highest BCUT2D eigenvalue weighted by molar-refractivity contribution is 5.94. The van der Waals surface area contributed by atoms with Crippen LogP contribution in [0.2, 0.25) is 0 Å². The van der Waals surface area contributed by atoms with Crippen molar-refractivity contribution in [1.82, 2.24) is 26.8 Å². The van der Waals surface area contributed by atoms with E-state index < -0.39 is 41.8 Å². The molecule has 12 nitrogen and oxygen atoms in total. The summed E-state index contributed by atoms with van der Waals surface area (Å²) in [4.78, 5) is 51.8. The first-order valence-electron chi connectivity index (χ1n) is 14.3. The lowest BCUT2D eigenvalue weighted by Crippen LogP contribution is -2.58. The van der Waals surface area contributed by atoms with Crippen LogP contribution in [0.5, 0.6) is 17.2 Å². The van der Waals surface area contributed by atoms with Crippen LogP contribution in [-0.2, 0) is 38.4 Å². The van der Waals surface area contributed by atoms with Crippen LogP contribution in [0.3, 0.4) is 0 Å². The molecule has 0 aromatic heterocycles. The molecular weight excluding hydrogens is 566 g/mol. The second-order valence-corrected chi connectivity index (χ2v) is 10.4. The molecule has 0 heterocycles. The number of hydrogen-bond acceptors (Lipinski definition) is 8. The number of carbonyl (C=O) groups is 4. The average Bonchev–Trinajstić information content (AvgIpc) is 3.00. The van der Waals surface area contributed by atoms with Crippen molar-refractivity contribution in [3.63, 3.8) is 0 Å². The topological polar surface area (TPSA) is 189 Å². The van der Waals surface area contributed by atoms with Crippen molar-refractivity contribution in [2.24, 2.45) is 0 Å². The third-order valence-corrected chi connectivity index (χ3v) is 6.71. The quantitative estimate of drug-likeness (QED) is 0.126. The molecule has 8 N–H and O–H groups in total. The molecule has 0 aliphatic heterocycles. The highest BCUT2D eigenvalue weighted by Crippen LogP contribution is 2.15. The molecule has 0 radical (unpaired) electrons. The lowest BCUT2D eigenvalue weighted by Gasteiger charge is -2.26. The molecular formula is C32H39N5O7. The van der Waals surface area contributed by atoms with Crippen LogP contribution in [-0.4, -0.2) is 63.6 Å². The zero-order valence-corrected chi connectivity index (χ0v) is 24.7. The third kappa shape index (κ3) is 11.0. The van der Waals surface area contributed by atoms with Gasteiger partial charge in [-0.2, -0.15) is 0 Å². The van der Waals surface area contributed by atoms with E-state index in [1.165, 1.54) is 43.3 Å². The molecule has 3 atom stereocenters. The second kappa shape index (κ2) is 16.5. The Labute approximate surface area is 255 Å². The van der Waals surface area contributed by atoms with Crippen molar-refractivity contribution in [3.05, 3.63) is 89.5 Å². The predicted octanol–water partition coefficient (Wildman–Crippen LogP) is 1.34. The van der Waals surface area contributed by atoms with Gasteiger partial charge in [0.15, 0.2) is 0 Å². The van der Waals surface area contributed by atoms with Gasteiger partial charge in [0.2, 0.25) is 17.7 Å². The van der Waals surface area contributed by atoms with Crippen molar-refractivity contribution >= 4 is 23.6 Å². The number of amides is 4. The highest BCUT2D eigenvalue weighted by Gasteiger charge is 2.30. The minimum atomic E-state index is -1.15. The van der Waals surface area contributed by atoms with Gasteiger partial charge >= 0.3 is 0 Å². The lowest BCUT2D eigenvalue weighted by molar-refractivity contribution is -0.133. The number of phenolic OH excluding ortho intramolecular Hbond substituents is 3. The summed E-state index contributed by atoms with van der Waals surface area (Å²) in [5, 5.41) is 37.7. The molecule has 0 saturated carbocycles. The van der Waals surface area contributed by atoms with E-state index in [0.29, 0.717) is 24.1 Å². The summed E-state index contributed by atoms with van der Waals surface area (Å²) < 4.78 is 0. The fourth-order valence-corrected chi connectivity index (χ4v) is 4.38. The van der Waals surface area contributed by atoms with Gasteiger partial charge in [0.05, 0.1) is 6.04 Å². The van der Waals surface area contributed by atoms with Gasteiger partial charge in [-0.25, -0.2) is 0 Å². The van der Waals surface area contributed by atoms with Gasteiger partial charge in [0.1, 0.15) is 29.3 Å². The molecule has 234 valence electrons. The van der Waals surface area contributed by atoms with Crippen molar-refractivity contribution in [1.29, 1.82) is 0 Å². The van der Waals surface area contributed by atoms with E-state index in [0.717, 1.165) is 12.0 Å². The van der Waals surface area contributed by atoms with E-state index >= 15 is 0 Å². The zero-order valence-electron chi connectivity index (χ0n) is 24.7. The van der Waals surface area contributed by atoms with E-state index in [1.54, 1.807) is 36.4 Å². The largest absolute Gasteiger partial charge is 0.508 e. The Morgan fingerprint density at radius 1 is 0.568 bits per heavy atom. The van der Waals surface area contributed by atoms with Gasteiger partial charge in [-0.3, -0.25) is 30.0 Å². The molecule has 3 rings (SSSR count). The average molecular weight is 606 g/mol. The highest BCUT2D eigenvalue weighted by atomic mass is 16.3. The molecule has 0 aliphatic carbocycles. The summed E-state index contributed by atoms with van der Waals surface area (Å²) in [6.45, 7) is 3.73. The van der Waals surface area contributed by atoms with Gasteiger partial charge in [-0.1, -0.05) is 43.3 Å². The number of carbonyl (C=O) groups excluding carboxylic acids is 4. The minimum Gasteiger partial charge on any atom is -0.508 e. The van der Waals surface area contributed by atoms with Crippen molar-refractivity contribution < 1.29 is 34.5 Å². The number of phenols is 3. The smallest absolute Gasteiger partial charge is 0.261 e. The lowest BCUT2D eigenvalue weighted by atomic mass is 10.0. The SMILES string of the molecule is CCCN[C@@H](Cc1ccc(O)cc1)C(=O)N[C@@H](Cc1ccc(O)cc1)C(=O)N[C@@H](Cc1ccc(O)cc1)C(=O)NNC(C)=O. The molecule has 0 bridgehead atoms. The van der Waals surface area contributed by atoms with Crippen LogP contribution in [0.1, 0.15) is 37.0 Å². The number of rotatable bonds is 14. The third-order valence-electron chi connectivity index (χ3n) is 6.71. The first-order valence-corrected chi connectivity index (χ1v) is 14.3. The van der Waals surface area contributed by atoms with E-state index in [1.807, 2.05) is 6.92 Å². The molecule has 12 heteroatoms. The number of benzene rings is 3.